The lowest BCUT2D eigenvalue weighted by atomic mass is 9.49. The van der Waals surface area contributed by atoms with E-state index in [1.807, 2.05) is 39.8 Å². The molecule has 2 aromatic rings. The van der Waals surface area contributed by atoms with E-state index in [-0.39, 0.29) is 23.6 Å². The van der Waals surface area contributed by atoms with Crippen LogP contribution in [0, 0.1) is 28.1 Å². The molecule has 0 unspecified atom stereocenters. The third kappa shape index (κ3) is 5.09. The number of anilines is 1. The van der Waals surface area contributed by atoms with Gasteiger partial charge < -0.3 is 19.7 Å². The van der Waals surface area contributed by atoms with E-state index in [1.54, 1.807) is 18.2 Å². The minimum atomic E-state index is -4.67. The zero-order chi connectivity index (χ0) is 27.9. The van der Waals surface area contributed by atoms with E-state index < -0.39 is 34.2 Å². The third-order valence-corrected chi connectivity index (χ3v) is 8.01. The van der Waals surface area contributed by atoms with Gasteiger partial charge in [-0.2, -0.15) is 18.4 Å². The molecule has 1 N–H and O–H groups in total. The quantitative estimate of drug-likeness (QED) is 0.495. The molecule has 1 saturated heterocycles. The van der Waals surface area contributed by atoms with Crippen LogP contribution in [0.5, 0.6) is 5.75 Å². The van der Waals surface area contributed by atoms with Gasteiger partial charge in [0.15, 0.2) is 0 Å². The van der Waals surface area contributed by atoms with Crippen LogP contribution in [0.15, 0.2) is 42.5 Å². The maximum atomic E-state index is 13.4. The van der Waals surface area contributed by atoms with Crippen molar-refractivity contribution in [1.29, 1.82) is 5.26 Å². The van der Waals surface area contributed by atoms with Gasteiger partial charge in [-0.3, -0.25) is 4.79 Å². The number of carbonyl (C=O) groups is 2. The van der Waals surface area contributed by atoms with Crippen LogP contribution in [0.2, 0.25) is 0 Å². The van der Waals surface area contributed by atoms with Gasteiger partial charge in [0.05, 0.1) is 17.2 Å². The summed E-state index contributed by atoms with van der Waals surface area (Å²) in [5.41, 5.74) is -1.13. The molecule has 1 aliphatic heterocycles. The number of piperidine rings is 1. The first-order valence-corrected chi connectivity index (χ1v) is 12.7. The lowest BCUT2D eigenvalue weighted by Gasteiger charge is -2.63. The van der Waals surface area contributed by atoms with Crippen molar-refractivity contribution in [2.75, 3.05) is 18.0 Å². The van der Waals surface area contributed by atoms with Crippen molar-refractivity contribution in [2.24, 2.45) is 16.7 Å². The highest BCUT2D eigenvalue weighted by Crippen LogP contribution is 2.55. The molecule has 1 amide bonds. The summed E-state index contributed by atoms with van der Waals surface area (Å²) in [7, 11) is 0. The number of amides is 1. The number of hydrogen-bond donors (Lipinski definition) is 1. The average molecular weight is 528 g/mol. The van der Waals surface area contributed by atoms with Gasteiger partial charge >= 0.3 is 6.18 Å². The molecule has 0 spiro atoms. The summed E-state index contributed by atoms with van der Waals surface area (Å²) in [6.07, 6.45) is -2.49. The smallest absolute Gasteiger partial charge is 0.417 e. The first-order valence-electron chi connectivity index (χ1n) is 12.7. The molecule has 2 aromatic carbocycles. The molecule has 1 saturated carbocycles. The molecule has 0 aromatic heterocycles. The van der Waals surface area contributed by atoms with Crippen LogP contribution in [0.25, 0.3) is 0 Å². The van der Waals surface area contributed by atoms with E-state index in [2.05, 4.69) is 10.2 Å². The van der Waals surface area contributed by atoms with Crippen molar-refractivity contribution in [3.05, 3.63) is 59.2 Å². The molecule has 6 nitrogen and oxygen atoms in total. The number of halogens is 3. The Labute approximate surface area is 220 Å². The second-order valence-corrected chi connectivity index (χ2v) is 11.4. The number of benzene rings is 2. The standard InChI is InChI=1S/C29H32F3N3O3/c1-27(2)25(28(3,4)26(27)38-22-10-7-20(16-33)23(15-22)29(30,31)32)34-24(37)19-5-8-21(9-6-19)35-13-11-18(17-36)12-14-35/h5-10,15,17-18,25-26H,11-14H2,1-4H3,(H,34,37). The Morgan fingerprint density at radius 2 is 1.68 bits per heavy atom. The Bertz CT molecular complexity index is 1220. The second-order valence-electron chi connectivity index (χ2n) is 11.4. The molecule has 2 aliphatic rings. The third-order valence-electron chi connectivity index (χ3n) is 8.01. The van der Waals surface area contributed by atoms with Crippen molar-refractivity contribution in [3.63, 3.8) is 0 Å². The maximum absolute atomic E-state index is 13.4. The van der Waals surface area contributed by atoms with E-state index in [4.69, 9.17) is 10.00 Å². The molecule has 0 bridgehead atoms. The number of aldehydes is 1. The van der Waals surface area contributed by atoms with Crippen molar-refractivity contribution >= 4 is 17.9 Å². The normalized spacial score (nSPS) is 22.6. The number of carbonyl (C=O) groups excluding carboxylic acids is 2. The summed E-state index contributed by atoms with van der Waals surface area (Å²) in [4.78, 5) is 26.3. The first-order chi connectivity index (χ1) is 17.8. The topological polar surface area (TPSA) is 82.4 Å². The molecule has 4 rings (SSSR count). The monoisotopic (exact) mass is 527 g/mol. The molecule has 0 atom stereocenters. The molecule has 1 heterocycles. The van der Waals surface area contributed by atoms with E-state index in [1.165, 1.54) is 6.07 Å². The Hall–Kier alpha value is -3.54. The number of hydrogen-bond acceptors (Lipinski definition) is 5. The maximum Gasteiger partial charge on any atom is 0.417 e. The Balaban J connectivity index is 1.44. The highest BCUT2D eigenvalue weighted by atomic mass is 19.4. The molecular formula is C29H32F3N3O3. The van der Waals surface area contributed by atoms with Crippen LogP contribution in [-0.4, -0.2) is 37.4 Å². The summed E-state index contributed by atoms with van der Waals surface area (Å²) >= 11 is 0. The summed E-state index contributed by atoms with van der Waals surface area (Å²) in [5.74, 6) is -0.0968. The van der Waals surface area contributed by atoms with Gasteiger partial charge in [0.25, 0.3) is 5.91 Å². The van der Waals surface area contributed by atoms with Crippen LogP contribution in [0.4, 0.5) is 18.9 Å². The molecule has 0 radical (unpaired) electrons. The largest absolute Gasteiger partial charge is 0.489 e. The van der Waals surface area contributed by atoms with Gasteiger partial charge in [0.1, 0.15) is 18.1 Å². The molecule has 2 fully saturated rings. The molecule has 202 valence electrons. The Morgan fingerprint density at radius 3 is 2.21 bits per heavy atom. The zero-order valence-corrected chi connectivity index (χ0v) is 21.9. The van der Waals surface area contributed by atoms with E-state index in [0.717, 1.165) is 50.0 Å². The van der Waals surface area contributed by atoms with Crippen LogP contribution >= 0.6 is 0 Å². The number of nitrogens with zero attached hydrogens (tertiary/aromatic N) is 2. The van der Waals surface area contributed by atoms with Crippen LogP contribution < -0.4 is 15.0 Å². The van der Waals surface area contributed by atoms with Crippen molar-refractivity contribution < 1.29 is 27.5 Å². The highest BCUT2D eigenvalue weighted by molar-refractivity contribution is 5.95. The fraction of sp³-hybridized carbons (Fsp3) is 0.483. The lowest BCUT2D eigenvalue weighted by molar-refractivity contribution is -0.164. The summed E-state index contributed by atoms with van der Waals surface area (Å²) in [5, 5.41) is 12.1. The Kier molecular flexibility index (Phi) is 7.21. The van der Waals surface area contributed by atoms with E-state index in [9.17, 15) is 22.8 Å². The lowest BCUT2D eigenvalue weighted by Crippen LogP contribution is -2.74. The molecular weight excluding hydrogens is 495 g/mol. The molecule has 1 aliphatic carbocycles. The first kappa shape index (κ1) is 27.5. The predicted molar refractivity (Wildman–Crippen MR) is 137 cm³/mol. The zero-order valence-electron chi connectivity index (χ0n) is 21.9. The number of rotatable bonds is 6. The van der Waals surface area contributed by atoms with Crippen molar-refractivity contribution in [3.8, 4) is 11.8 Å². The minimum Gasteiger partial charge on any atom is -0.489 e. The van der Waals surface area contributed by atoms with Gasteiger partial charge in [-0.25, -0.2) is 0 Å². The number of nitriles is 1. The van der Waals surface area contributed by atoms with Crippen LogP contribution in [0.3, 0.4) is 0 Å². The van der Waals surface area contributed by atoms with Gasteiger partial charge in [0.2, 0.25) is 0 Å². The predicted octanol–water partition coefficient (Wildman–Crippen LogP) is 5.60. The second kappa shape index (κ2) is 9.97. The number of alkyl halides is 3. The summed E-state index contributed by atoms with van der Waals surface area (Å²) in [6.45, 7) is 9.24. The minimum absolute atomic E-state index is 0.0278. The van der Waals surface area contributed by atoms with Crippen molar-refractivity contribution in [2.45, 2.75) is 58.9 Å². The highest BCUT2D eigenvalue weighted by Gasteiger charge is 2.64. The van der Waals surface area contributed by atoms with Crippen molar-refractivity contribution in [1.82, 2.24) is 5.32 Å². The Morgan fingerprint density at radius 1 is 1.08 bits per heavy atom. The van der Waals surface area contributed by atoms with Gasteiger partial charge in [0, 0.05) is 47.1 Å². The van der Waals surface area contributed by atoms with Crippen LogP contribution in [0.1, 0.15) is 62.0 Å². The average Bonchev–Trinajstić information content (AvgIpc) is 2.89. The SMILES string of the molecule is CC1(C)C(NC(=O)c2ccc(N3CCC(C=O)CC3)cc2)C(C)(C)C1Oc1ccc(C#N)c(C(F)(F)F)c1. The van der Waals surface area contributed by atoms with Gasteiger partial charge in [-0.1, -0.05) is 27.7 Å². The fourth-order valence-corrected chi connectivity index (χ4v) is 6.20. The molecule has 9 heteroatoms. The number of nitrogens with one attached hydrogen (secondary N) is 1. The summed E-state index contributed by atoms with van der Waals surface area (Å²) < 4.78 is 46.3. The summed E-state index contributed by atoms with van der Waals surface area (Å²) in [6, 6.07) is 12.0. The van der Waals surface area contributed by atoms with E-state index in [0.29, 0.717) is 5.56 Å². The molecule has 38 heavy (non-hydrogen) atoms. The van der Waals surface area contributed by atoms with Crippen LogP contribution in [-0.2, 0) is 11.0 Å². The van der Waals surface area contributed by atoms with Gasteiger partial charge in [-0.05, 0) is 55.3 Å². The van der Waals surface area contributed by atoms with Gasteiger partial charge in [-0.15, -0.1) is 0 Å². The van der Waals surface area contributed by atoms with E-state index >= 15 is 0 Å². The number of ether oxygens (including phenoxy) is 1. The fourth-order valence-electron chi connectivity index (χ4n) is 6.20.